The quantitative estimate of drug-likeness (QED) is 0.679. The lowest BCUT2D eigenvalue weighted by atomic mass is 10.1. The van der Waals surface area contributed by atoms with Crippen molar-refractivity contribution in [1.29, 1.82) is 0 Å². The van der Waals surface area contributed by atoms with Crippen LogP contribution in [0.4, 0.5) is 11.4 Å². The summed E-state index contributed by atoms with van der Waals surface area (Å²) in [5.74, 6) is 0.183. The Morgan fingerprint density at radius 2 is 2.39 bits per heavy atom. The number of nitrogens with one attached hydrogen (secondary N) is 1. The highest BCUT2D eigenvalue weighted by atomic mass is 16.3. The first-order valence-corrected chi connectivity index (χ1v) is 6.13. The number of aliphatic hydroxyl groups excluding tert-OH is 1. The molecule has 1 fully saturated rings. The molecule has 0 aromatic heterocycles. The summed E-state index contributed by atoms with van der Waals surface area (Å²) in [6.45, 7) is 1.86. The van der Waals surface area contributed by atoms with Crippen molar-refractivity contribution in [2.24, 2.45) is 5.92 Å². The van der Waals surface area contributed by atoms with Gasteiger partial charge in [-0.2, -0.15) is 0 Å². The topological polar surface area (TPSA) is 78.6 Å². The molecule has 0 bridgehead atoms. The van der Waals surface area contributed by atoms with Gasteiger partial charge >= 0.3 is 0 Å². The Morgan fingerprint density at radius 3 is 3.00 bits per heavy atom. The molecular formula is C13H19N3O2. The van der Waals surface area contributed by atoms with Crippen molar-refractivity contribution in [3.8, 4) is 0 Å². The molecule has 0 aliphatic carbocycles. The van der Waals surface area contributed by atoms with E-state index in [0.717, 1.165) is 25.2 Å². The Morgan fingerprint density at radius 1 is 1.61 bits per heavy atom. The molecule has 0 saturated carbocycles. The van der Waals surface area contributed by atoms with Gasteiger partial charge in [0.25, 0.3) is 5.91 Å². The van der Waals surface area contributed by atoms with Gasteiger partial charge in [-0.05, 0) is 24.6 Å². The lowest BCUT2D eigenvalue weighted by Crippen LogP contribution is -2.23. The van der Waals surface area contributed by atoms with Gasteiger partial charge in [0.1, 0.15) is 0 Å². The molecule has 98 valence electrons. The standard InChI is InChI=1S/C13H19N3O2/c1-15-13(18)10-2-3-11(14)12(6-10)16-5-4-9(7-16)8-17/h2-3,6,9,17H,4-5,7-8,14H2,1H3,(H,15,18). The Labute approximate surface area is 107 Å². The maximum absolute atomic E-state index is 11.6. The number of benzene rings is 1. The maximum atomic E-state index is 11.6. The van der Waals surface area contributed by atoms with E-state index in [1.165, 1.54) is 0 Å². The molecular weight excluding hydrogens is 230 g/mol. The zero-order valence-electron chi connectivity index (χ0n) is 10.5. The van der Waals surface area contributed by atoms with Gasteiger partial charge in [-0.15, -0.1) is 0 Å². The first-order valence-electron chi connectivity index (χ1n) is 6.13. The minimum absolute atomic E-state index is 0.117. The summed E-state index contributed by atoms with van der Waals surface area (Å²) in [5.41, 5.74) is 8.12. The van der Waals surface area contributed by atoms with Gasteiger partial charge in [-0.25, -0.2) is 0 Å². The molecule has 5 heteroatoms. The molecule has 0 radical (unpaired) electrons. The number of nitrogen functional groups attached to an aromatic ring is 1. The van der Waals surface area contributed by atoms with Crippen LogP contribution >= 0.6 is 0 Å². The number of hydrogen-bond acceptors (Lipinski definition) is 4. The van der Waals surface area contributed by atoms with Gasteiger partial charge in [-0.3, -0.25) is 4.79 Å². The van der Waals surface area contributed by atoms with E-state index in [2.05, 4.69) is 10.2 Å². The fraction of sp³-hybridized carbons (Fsp3) is 0.462. The predicted octanol–water partition coefficient (Wildman–Crippen LogP) is 0.447. The van der Waals surface area contributed by atoms with E-state index in [1.54, 1.807) is 19.2 Å². The zero-order valence-corrected chi connectivity index (χ0v) is 10.5. The SMILES string of the molecule is CNC(=O)c1ccc(N)c(N2CCC(CO)C2)c1. The Balaban J connectivity index is 2.24. The second-order valence-corrected chi connectivity index (χ2v) is 4.64. The van der Waals surface area contributed by atoms with Crippen molar-refractivity contribution >= 4 is 17.3 Å². The highest BCUT2D eigenvalue weighted by Crippen LogP contribution is 2.29. The summed E-state index contributed by atoms with van der Waals surface area (Å²) in [4.78, 5) is 13.7. The largest absolute Gasteiger partial charge is 0.397 e. The van der Waals surface area contributed by atoms with Crippen LogP contribution in [0.2, 0.25) is 0 Å². The van der Waals surface area contributed by atoms with Crippen molar-refractivity contribution in [1.82, 2.24) is 5.32 Å². The summed E-state index contributed by atoms with van der Waals surface area (Å²) in [6, 6.07) is 5.29. The molecule has 4 N–H and O–H groups in total. The van der Waals surface area contributed by atoms with Crippen LogP contribution in [-0.2, 0) is 0 Å². The molecule has 1 unspecified atom stereocenters. The molecule has 18 heavy (non-hydrogen) atoms. The summed E-state index contributed by atoms with van der Waals surface area (Å²) in [6.07, 6.45) is 0.958. The lowest BCUT2D eigenvalue weighted by Gasteiger charge is -2.21. The summed E-state index contributed by atoms with van der Waals surface area (Å²) in [7, 11) is 1.61. The molecule has 5 nitrogen and oxygen atoms in total. The third kappa shape index (κ3) is 2.41. The Bertz CT molecular complexity index is 448. The average Bonchev–Trinajstić information content (AvgIpc) is 2.87. The van der Waals surface area contributed by atoms with Crippen LogP contribution in [0, 0.1) is 5.92 Å². The van der Waals surface area contributed by atoms with Gasteiger partial charge in [0.15, 0.2) is 0 Å². The Hall–Kier alpha value is -1.75. The van der Waals surface area contributed by atoms with Gasteiger partial charge in [0.05, 0.1) is 11.4 Å². The normalized spacial score (nSPS) is 19.0. The van der Waals surface area contributed by atoms with Crippen LogP contribution in [0.25, 0.3) is 0 Å². The van der Waals surface area contributed by atoms with E-state index in [9.17, 15) is 4.79 Å². The van der Waals surface area contributed by atoms with E-state index in [4.69, 9.17) is 10.8 Å². The maximum Gasteiger partial charge on any atom is 0.251 e. The number of carbonyl (C=O) groups is 1. The molecule has 1 heterocycles. The summed E-state index contributed by atoms with van der Waals surface area (Å²) in [5, 5.41) is 11.8. The van der Waals surface area contributed by atoms with E-state index < -0.39 is 0 Å². The first kappa shape index (κ1) is 12.7. The van der Waals surface area contributed by atoms with Crippen LogP contribution < -0.4 is 16.0 Å². The zero-order chi connectivity index (χ0) is 13.1. The van der Waals surface area contributed by atoms with Crippen molar-refractivity contribution in [3.63, 3.8) is 0 Å². The number of aliphatic hydroxyl groups is 1. The van der Waals surface area contributed by atoms with E-state index in [1.807, 2.05) is 6.07 Å². The molecule has 1 amide bonds. The highest BCUT2D eigenvalue weighted by molar-refractivity contribution is 5.96. The number of carbonyl (C=O) groups excluding carboxylic acids is 1. The number of anilines is 2. The van der Waals surface area contributed by atoms with E-state index in [-0.39, 0.29) is 12.5 Å². The van der Waals surface area contributed by atoms with Crippen molar-refractivity contribution < 1.29 is 9.90 Å². The van der Waals surface area contributed by atoms with Crippen molar-refractivity contribution in [2.75, 3.05) is 37.4 Å². The van der Waals surface area contributed by atoms with Crippen molar-refractivity contribution in [3.05, 3.63) is 23.8 Å². The van der Waals surface area contributed by atoms with Crippen LogP contribution in [0.3, 0.4) is 0 Å². The van der Waals surface area contributed by atoms with Crippen LogP contribution in [0.1, 0.15) is 16.8 Å². The highest BCUT2D eigenvalue weighted by Gasteiger charge is 2.23. The molecule has 2 rings (SSSR count). The average molecular weight is 249 g/mol. The fourth-order valence-electron chi connectivity index (χ4n) is 2.30. The minimum atomic E-state index is -0.117. The minimum Gasteiger partial charge on any atom is -0.397 e. The molecule has 1 aromatic carbocycles. The second-order valence-electron chi connectivity index (χ2n) is 4.64. The monoisotopic (exact) mass is 249 g/mol. The number of nitrogens with zero attached hydrogens (tertiary/aromatic N) is 1. The number of nitrogens with two attached hydrogens (primary N) is 1. The van der Waals surface area contributed by atoms with Crippen molar-refractivity contribution in [2.45, 2.75) is 6.42 Å². The molecule has 1 saturated heterocycles. The number of rotatable bonds is 3. The smallest absolute Gasteiger partial charge is 0.251 e. The first-order chi connectivity index (χ1) is 8.65. The second kappa shape index (κ2) is 5.27. The molecule has 0 spiro atoms. The Kier molecular flexibility index (Phi) is 3.72. The molecule has 1 aromatic rings. The fourth-order valence-corrected chi connectivity index (χ4v) is 2.30. The lowest BCUT2D eigenvalue weighted by molar-refractivity contribution is 0.0963. The number of hydrogen-bond donors (Lipinski definition) is 3. The predicted molar refractivity (Wildman–Crippen MR) is 71.7 cm³/mol. The van der Waals surface area contributed by atoms with Gasteiger partial charge in [0, 0.05) is 38.2 Å². The third-order valence-corrected chi connectivity index (χ3v) is 3.40. The van der Waals surface area contributed by atoms with E-state index in [0.29, 0.717) is 17.2 Å². The third-order valence-electron chi connectivity index (χ3n) is 3.40. The van der Waals surface area contributed by atoms with Crippen LogP contribution in [0.5, 0.6) is 0 Å². The summed E-state index contributed by atoms with van der Waals surface area (Å²) < 4.78 is 0. The summed E-state index contributed by atoms with van der Waals surface area (Å²) >= 11 is 0. The van der Waals surface area contributed by atoms with Crippen LogP contribution in [-0.4, -0.2) is 37.8 Å². The van der Waals surface area contributed by atoms with Gasteiger partial charge in [-0.1, -0.05) is 0 Å². The van der Waals surface area contributed by atoms with E-state index >= 15 is 0 Å². The number of amides is 1. The van der Waals surface area contributed by atoms with Gasteiger partial charge in [0.2, 0.25) is 0 Å². The molecule has 1 aliphatic heterocycles. The molecule has 1 aliphatic rings. The van der Waals surface area contributed by atoms with Crippen LogP contribution in [0.15, 0.2) is 18.2 Å². The van der Waals surface area contributed by atoms with Gasteiger partial charge < -0.3 is 21.1 Å². The molecule has 1 atom stereocenters.